The third kappa shape index (κ3) is 1.59. The highest BCUT2D eigenvalue weighted by Gasteiger charge is 2.45. The Morgan fingerprint density at radius 2 is 2.00 bits per heavy atom. The van der Waals surface area contributed by atoms with Crippen LogP contribution in [0, 0.1) is 11.8 Å². The summed E-state index contributed by atoms with van der Waals surface area (Å²) in [4.78, 5) is 4.24. The minimum Gasteiger partial charge on any atom is -0.367 e. The van der Waals surface area contributed by atoms with E-state index in [0.717, 1.165) is 17.7 Å². The van der Waals surface area contributed by atoms with E-state index >= 15 is 0 Å². The van der Waals surface area contributed by atoms with Crippen LogP contribution in [0.1, 0.15) is 19.3 Å². The Bertz CT molecular complexity index is 326. The van der Waals surface area contributed by atoms with E-state index in [9.17, 15) is 0 Å². The molecule has 0 bridgehead atoms. The van der Waals surface area contributed by atoms with Crippen LogP contribution in [0.3, 0.4) is 0 Å². The molecule has 0 amide bonds. The fourth-order valence-corrected chi connectivity index (χ4v) is 2.61. The summed E-state index contributed by atoms with van der Waals surface area (Å²) < 4.78 is 0. The van der Waals surface area contributed by atoms with E-state index in [4.69, 9.17) is 11.6 Å². The quantitative estimate of drug-likeness (QED) is 0.809. The summed E-state index contributed by atoms with van der Waals surface area (Å²) in [6, 6.07) is 4.48. The Morgan fingerprint density at radius 3 is 2.64 bits per heavy atom. The van der Waals surface area contributed by atoms with Crippen molar-refractivity contribution in [1.29, 1.82) is 0 Å². The van der Waals surface area contributed by atoms with Crippen molar-refractivity contribution in [1.82, 2.24) is 4.98 Å². The molecular weight excluding hydrogens is 196 g/mol. The lowest BCUT2D eigenvalue weighted by atomic mass is 10.1. The number of halogens is 1. The van der Waals surface area contributed by atoms with Gasteiger partial charge in [-0.15, -0.1) is 0 Å². The maximum Gasteiger partial charge on any atom is 0.126 e. The Morgan fingerprint density at radius 1 is 1.21 bits per heavy atom. The number of hydrogen-bond acceptors (Lipinski definition) is 2. The van der Waals surface area contributed by atoms with Crippen molar-refractivity contribution in [2.24, 2.45) is 11.8 Å². The van der Waals surface area contributed by atoms with Crippen LogP contribution >= 0.6 is 11.6 Å². The number of pyridine rings is 1. The molecule has 0 aromatic carbocycles. The molecule has 0 saturated heterocycles. The summed E-state index contributed by atoms with van der Waals surface area (Å²) in [5.41, 5.74) is 0. The number of aromatic nitrogens is 1. The average Bonchev–Trinajstić information content (AvgIpc) is 2.79. The van der Waals surface area contributed by atoms with Gasteiger partial charge in [-0.3, -0.25) is 0 Å². The molecule has 2 nitrogen and oxygen atoms in total. The number of nitrogens with zero attached hydrogens (tertiary/aromatic N) is 1. The summed E-state index contributed by atoms with van der Waals surface area (Å²) in [5, 5.41) is 4.16. The minimum absolute atomic E-state index is 0.646. The van der Waals surface area contributed by atoms with Crippen LogP contribution in [0.25, 0.3) is 0 Å². The first kappa shape index (κ1) is 8.54. The summed E-state index contributed by atoms with van der Waals surface area (Å²) in [5.74, 6) is 2.99. The first-order valence-electron chi connectivity index (χ1n) is 5.19. The molecule has 1 aromatic rings. The van der Waals surface area contributed by atoms with Crippen molar-refractivity contribution in [3.8, 4) is 0 Å². The second-order valence-corrected chi connectivity index (χ2v) is 4.87. The van der Waals surface area contributed by atoms with Gasteiger partial charge in [-0.05, 0) is 43.2 Å². The molecule has 2 unspecified atom stereocenters. The number of anilines is 1. The highest BCUT2D eigenvalue weighted by Crippen LogP contribution is 2.52. The predicted octanol–water partition coefficient (Wildman–Crippen LogP) is 2.95. The van der Waals surface area contributed by atoms with E-state index in [2.05, 4.69) is 10.3 Å². The first-order chi connectivity index (χ1) is 6.81. The second-order valence-electron chi connectivity index (χ2n) is 4.43. The lowest BCUT2D eigenvalue weighted by Gasteiger charge is -2.14. The molecule has 74 valence electrons. The number of hydrogen-bond donors (Lipinski definition) is 1. The van der Waals surface area contributed by atoms with E-state index in [0.29, 0.717) is 11.1 Å². The monoisotopic (exact) mass is 208 g/mol. The lowest BCUT2D eigenvalue weighted by molar-refractivity contribution is 0.649. The minimum atomic E-state index is 0.646. The Balaban J connectivity index is 1.64. The molecule has 1 N–H and O–H groups in total. The van der Waals surface area contributed by atoms with Crippen molar-refractivity contribution in [2.45, 2.75) is 25.3 Å². The molecule has 2 saturated carbocycles. The van der Waals surface area contributed by atoms with Crippen LogP contribution in [0.5, 0.6) is 0 Å². The van der Waals surface area contributed by atoms with Gasteiger partial charge in [-0.1, -0.05) is 11.6 Å². The number of fused-ring (bicyclic) bond motifs is 1. The maximum atomic E-state index is 5.77. The average molecular weight is 209 g/mol. The molecule has 0 spiro atoms. The topological polar surface area (TPSA) is 24.9 Å². The van der Waals surface area contributed by atoms with Gasteiger partial charge in [0.25, 0.3) is 0 Å². The van der Waals surface area contributed by atoms with Gasteiger partial charge < -0.3 is 5.32 Å². The van der Waals surface area contributed by atoms with Gasteiger partial charge >= 0.3 is 0 Å². The maximum absolute atomic E-state index is 5.77. The van der Waals surface area contributed by atoms with Gasteiger partial charge in [0, 0.05) is 12.2 Å². The fraction of sp³-hybridized carbons (Fsp3) is 0.545. The smallest absolute Gasteiger partial charge is 0.126 e. The van der Waals surface area contributed by atoms with Gasteiger partial charge in [0.1, 0.15) is 5.82 Å². The summed E-state index contributed by atoms with van der Waals surface area (Å²) >= 11 is 5.77. The summed E-state index contributed by atoms with van der Waals surface area (Å²) in [7, 11) is 0. The number of nitrogens with one attached hydrogen (secondary N) is 1. The third-order valence-electron chi connectivity index (χ3n) is 3.32. The Kier molecular flexibility index (Phi) is 1.91. The van der Waals surface area contributed by atoms with Gasteiger partial charge in [0.05, 0.1) is 5.02 Å². The molecule has 0 radical (unpaired) electrons. The molecule has 1 heterocycles. The molecule has 14 heavy (non-hydrogen) atoms. The Labute approximate surface area is 88.7 Å². The van der Waals surface area contributed by atoms with Crippen LogP contribution in [-0.2, 0) is 0 Å². The Hall–Kier alpha value is -0.760. The molecule has 3 heteroatoms. The second kappa shape index (κ2) is 3.13. The normalized spacial score (nSPS) is 33.9. The van der Waals surface area contributed by atoms with Crippen LogP contribution in [0.2, 0.25) is 5.02 Å². The van der Waals surface area contributed by atoms with Gasteiger partial charge in [-0.25, -0.2) is 4.98 Å². The number of rotatable bonds is 2. The molecule has 2 fully saturated rings. The first-order valence-corrected chi connectivity index (χ1v) is 5.57. The molecule has 2 aliphatic carbocycles. The van der Waals surface area contributed by atoms with E-state index in [1.54, 1.807) is 6.20 Å². The standard InChI is InChI=1S/C11H13ClN2/c12-9-1-2-11(13-6-9)14-10-4-7-3-8(7)5-10/h1-2,6-8,10H,3-5H2,(H,13,14). The predicted molar refractivity (Wildman–Crippen MR) is 57.5 cm³/mol. The van der Waals surface area contributed by atoms with Crippen molar-refractivity contribution in [2.75, 3.05) is 5.32 Å². The van der Waals surface area contributed by atoms with Crippen molar-refractivity contribution >= 4 is 17.4 Å². The van der Waals surface area contributed by atoms with E-state index < -0.39 is 0 Å². The molecule has 1 aromatic heterocycles. The lowest BCUT2D eigenvalue weighted by Crippen LogP contribution is -2.17. The summed E-state index contributed by atoms with van der Waals surface area (Å²) in [6.45, 7) is 0. The van der Waals surface area contributed by atoms with Crippen LogP contribution < -0.4 is 5.32 Å². The fourth-order valence-electron chi connectivity index (χ4n) is 2.50. The highest BCUT2D eigenvalue weighted by molar-refractivity contribution is 6.30. The van der Waals surface area contributed by atoms with Crippen molar-refractivity contribution < 1.29 is 0 Å². The zero-order chi connectivity index (χ0) is 9.54. The van der Waals surface area contributed by atoms with Crippen LogP contribution in [0.4, 0.5) is 5.82 Å². The van der Waals surface area contributed by atoms with Crippen molar-refractivity contribution in [3.63, 3.8) is 0 Å². The zero-order valence-electron chi connectivity index (χ0n) is 7.91. The molecular formula is C11H13ClN2. The highest BCUT2D eigenvalue weighted by atomic mass is 35.5. The zero-order valence-corrected chi connectivity index (χ0v) is 8.67. The van der Waals surface area contributed by atoms with Gasteiger partial charge in [-0.2, -0.15) is 0 Å². The van der Waals surface area contributed by atoms with Gasteiger partial charge in [0.2, 0.25) is 0 Å². The van der Waals surface area contributed by atoms with Crippen molar-refractivity contribution in [3.05, 3.63) is 23.4 Å². The van der Waals surface area contributed by atoms with Crippen LogP contribution in [0.15, 0.2) is 18.3 Å². The summed E-state index contributed by atoms with van der Waals surface area (Å²) in [6.07, 6.45) is 5.82. The third-order valence-corrected chi connectivity index (χ3v) is 3.55. The van der Waals surface area contributed by atoms with E-state index in [1.165, 1.54) is 19.3 Å². The largest absolute Gasteiger partial charge is 0.367 e. The van der Waals surface area contributed by atoms with E-state index in [1.807, 2.05) is 12.1 Å². The molecule has 2 aliphatic rings. The molecule has 0 aliphatic heterocycles. The molecule has 3 rings (SSSR count). The van der Waals surface area contributed by atoms with E-state index in [-0.39, 0.29) is 0 Å². The van der Waals surface area contributed by atoms with Crippen LogP contribution in [-0.4, -0.2) is 11.0 Å². The SMILES string of the molecule is Clc1ccc(NC2CC3CC3C2)nc1. The van der Waals surface area contributed by atoms with Gasteiger partial charge in [0.15, 0.2) is 0 Å². The molecule has 2 atom stereocenters.